The smallest absolute Gasteiger partial charge is 0.175 e. The molecule has 0 bridgehead atoms. The maximum atomic E-state index is 11.8. The van der Waals surface area contributed by atoms with E-state index in [2.05, 4.69) is 14.4 Å². The topological polar surface area (TPSA) is 106 Å². The molecule has 0 aliphatic heterocycles. The first kappa shape index (κ1) is 18.3. The first-order valence-electron chi connectivity index (χ1n) is 9.82. The number of fused-ring (bicyclic) bond motifs is 3. The van der Waals surface area contributed by atoms with Crippen molar-refractivity contribution in [2.24, 2.45) is 5.73 Å². The molecule has 29 heavy (non-hydrogen) atoms. The molecule has 1 aliphatic rings. The molecular weight excluding hydrogens is 386 g/mol. The Kier molecular flexibility index (Phi) is 4.22. The van der Waals surface area contributed by atoms with Gasteiger partial charge >= 0.3 is 0 Å². The molecular formula is C21H23N5O2S. The molecule has 0 atom stereocenters. The molecule has 0 unspecified atom stereocenters. The molecule has 0 spiro atoms. The third kappa shape index (κ3) is 3.12. The number of benzene rings is 1. The van der Waals surface area contributed by atoms with E-state index in [4.69, 9.17) is 10.7 Å². The van der Waals surface area contributed by atoms with Gasteiger partial charge in [-0.15, -0.1) is 0 Å². The summed E-state index contributed by atoms with van der Waals surface area (Å²) < 4.78 is 25.8. The van der Waals surface area contributed by atoms with Gasteiger partial charge in [0.2, 0.25) is 0 Å². The number of sulfone groups is 1. The number of nitrogens with two attached hydrogens (primary N) is 1. The van der Waals surface area contributed by atoms with Crippen LogP contribution in [0.3, 0.4) is 0 Å². The van der Waals surface area contributed by atoms with Crippen LogP contribution in [-0.2, 0) is 9.84 Å². The zero-order valence-corrected chi connectivity index (χ0v) is 17.0. The summed E-state index contributed by atoms with van der Waals surface area (Å²) >= 11 is 0. The molecule has 0 saturated heterocycles. The zero-order chi connectivity index (χ0) is 20.2. The summed E-state index contributed by atoms with van der Waals surface area (Å²) in [4.78, 5) is 13.1. The first-order valence-corrected chi connectivity index (χ1v) is 11.7. The molecule has 1 fully saturated rings. The van der Waals surface area contributed by atoms with E-state index < -0.39 is 9.84 Å². The lowest BCUT2D eigenvalue weighted by atomic mass is 9.86. The van der Waals surface area contributed by atoms with Gasteiger partial charge in [0.15, 0.2) is 15.5 Å². The third-order valence-corrected chi connectivity index (χ3v) is 7.02. The molecule has 8 heteroatoms. The van der Waals surface area contributed by atoms with E-state index in [1.165, 1.54) is 6.26 Å². The van der Waals surface area contributed by atoms with Gasteiger partial charge in [-0.25, -0.2) is 18.4 Å². The van der Waals surface area contributed by atoms with Crippen molar-refractivity contribution in [3.8, 4) is 11.3 Å². The standard InChI is InChI=1S/C21H23N5O2S/c1-29(27,28)16-8-4-13(5-9-16)19-18-12-24-20-17(10-11-23-20)26(18)21(25-19)14-2-6-15(22)7-3-14/h4-5,8-12,14-15,23H,2-3,6-7,22H2,1H3. The second-order valence-electron chi connectivity index (χ2n) is 7.92. The first-order chi connectivity index (χ1) is 13.9. The third-order valence-electron chi connectivity index (χ3n) is 5.89. The summed E-state index contributed by atoms with van der Waals surface area (Å²) in [6.07, 6.45) is 8.97. The SMILES string of the molecule is CS(=O)(=O)c1ccc(-c2nc(C3CCC(N)CC3)n3c2cnc2[nH]ccc23)cc1. The fourth-order valence-electron chi connectivity index (χ4n) is 4.31. The van der Waals surface area contributed by atoms with Gasteiger partial charge in [0.05, 0.1) is 27.8 Å². The molecule has 3 heterocycles. The molecule has 5 rings (SSSR count). The lowest BCUT2D eigenvalue weighted by molar-refractivity contribution is 0.385. The van der Waals surface area contributed by atoms with Crippen LogP contribution in [0.4, 0.5) is 0 Å². The van der Waals surface area contributed by atoms with Gasteiger partial charge < -0.3 is 10.7 Å². The molecule has 1 saturated carbocycles. The highest BCUT2D eigenvalue weighted by Crippen LogP contribution is 2.36. The predicted octanol–water partition coefficient (Wildman–Crippen LogP) is 3.27. The zero-order valence-electron chi connectivity index (χ0n) is 16.2. The van der Waals surface area contributed by atoms with Gasteiger partial charge in [-0.3, -0.25) is 4.40 Å². The Labute approximate surface area is 168 Å². The van der Waals surface area contributed by atoms with Crippen LogP contribution in [-0.4, -0.2) is 40.1 Å². The van der Waals surface area contributed by atoms with E-state index in [0.29, 0.717) is 10.8 Å². The van der Waals surface area contributed by atoms with Crippen LogP contribution in [0, 0.1) is 0 Å². The van der Waals surface area contributed by atoms with E-state index >= 15 is 0 Å². The van der Waals surface area contributed by atoms with Crippen molar-refractivity contribution >= 4 is 26.5 Å². The summed E-state index contributed by atoms with van der Waals surface area (Å²) in [6.45, 7) is 0. The van der Waals surface area contributed by atoms with Crippen molar-refractivity contribution in [1.82, 2.24) is 19.4 Å². The van der Waals surface area contributed by atoms with Crippen LogP contribution in [0.15, 0.2) is 47.6 Å². The highest BCUT2D eigenvalue weighted by atomic mass is 32.2. The molecule has 1 aliphatic carbocycles. The summed E-state index contributed by atoms with van der Waals surface area (Å²) in [5.74, 6) is 1.37. The Hall–Kier alpha value is -2.71. The van der Waals surface area contributed by atoms with Crippen LogP contribution in [0.5, 0.6) is 0 Å². The van der Waals surface area contributed by atoms with Gasteiger partial charge in [0.25, 0.3) is 0 Å². The average Bonchev–Trinajstić information content (AvgIpc) is 3.32. The number of hydrogen-bond acceptors (Lipinski definition) is 5. The van der Waals surface area contributed by atoms with Crippen molar-refractivity contribution < 1.29 is 8.42 Å². The quantitative estimate of drug-likeness (QED) is 0.540. The second kappa shape index (κ2) is 6.67. The van der Waals surface area contributed by atoms with E-state index in [-0.39, 0.29) is 6.04 Å². The number of H-pyrrole nitrogens is 1. The summed E-state index contributed by atoms with van der Waals surface area (Å²) in [5.41, 5.74) is 10.6. The van der Waals surface area contributed by atoms with Crippen LogP contribution < -0.4 is 5.73 Å². The van der Waals surface area contributed by atoms with Gasteiger partial charge in [-0.05, 0) is 43.9 Å². The summed E-state index contributed by atoms with van der Waals surface area (Å²) in [7, 11) is -3.24. The predicted molar refractivity (Wildman–Crippen MR) is 113 cm³/mol. The molecule has 150 valence electrons. The van der Waals surface area contributed by atoms with Crippen molar-refractivity contribution in [1.29, 1.82) is 0 Å². The Morgan fingerprint density at radius 3 is 2.48 bits per heavy atom. The minimum absolute atomic E-state index is 0.273. The van der Waals surface area contributed by atoms with Gasteiger partial charge in [0.1, 0.15) is 5.82 Å². The number of aromatic nitrogens is 4. The molecule has 3 aromatic heterocycles. The van der Waals surface area contributed by atoms with Crippen molar-refractivity contribution in [2.45, 2.75) is 42.5 Å². The second-order valence-corrected chi connectivity index (χ2v) is 9.93. The van der Waals surface area contributed by atoms with Crippen molar-refractivity contribution in [2.75, 3.05) is 6.26 Å². The normalized spacial score (nSPS) is 20.5. The van der Waals surface area contributed by atoms with Crippen molar-refractivity contribution in [3.63, 3.8) is 0 Å². The molecule has 7 nitrogen and oxygen atoms in total. The van der Waals surface area contributed by atoms with E-state index in [0.717, 1.165) is 59.4 Å². The number of hydrogen-bond donors (Lipinski definition) is 2. The summed E-state index contributed by atoms with van der Waals surface area (Å²) in [6, 6.07) is 9.20. The average molecular weight is 410 g/mol. The van der Waals surface area contributed by atoms with E-state index in [1.54, 1.807) is 12.1 Å². The molecule has 0 amide bonds. The van der Waals surface area contributed by atoms with E-state index in [9.17, 15) is 8.42 Å². The molecule has 0 radical (unpaired) electrons. The van der Waals surface area contributed by atoms with Crippen LogP contribution in [0.1, 0.15) is 37.4 Å². The maximum absolute atomic E-state index is 11.8. The van der Waals surface area contributed by atoms with Crippen LogP contribution in [0.2, 0.25) is 0 Å². The molecule has 1 aromatic carbocycles. The van der Waals surface area contributed by atoms with Gasteiger partial charge in [0, 0.05) is 30.0 Å². The number of nitrogens with zero attached hydrogens (tertiary/aromatic N) is 3. The lowest BCUT2D eigenvalue weighted by Gasteiger charge is -2.25. The van der Waals surface area contributed by atoms with E-state index in [1.807, 2.05) is 30.6 Å². The highest BCUT2D eigenvalue weighted by molar-refractivity contribution is 7.90. The Morgan fingerprint density at radius 1 is 1.07 bits per heavy atom. The maximum Gasteiger partial charge on any atom is 0.175 e. The number of imidazole rings is 1. The fraction of sp³-hybridized carbons (Fsp3) is 0.333. The minimum Gasteiger partial charge on any atom is -0.345 e. The largest absolute Gasteiger partial charge is 0.345 e. The molecule has 3 N–H and O–H groups in total. The monoisotopic (exact) mass is 409 g/mol. The number of rotatable bonds is 3. The Morgan fingerprint density at radius 2 is 1.79 bits per heavy atom. The van der Waals surface area contributed by atoms with Crippen LogP contribution >= 0.6 is 0 Å². The lowest BCUT2D eigenvalue weighted by Crippen LogP contribution is -2.26. The summed E-state index contributed by atoms with van der Waals surface area (Å²) in [5, 5.41) is 0. The van der Waals surface area contributed by atoms with Gasteiger partial charge in [-0.2, -0.15) is 0 Å². The highest BCUT2D eigenvalue weighted by Gasteiger charge is 2.26. The number of aromatic amines is 1. The Bertz CT molecular complexity index is 1300. The number of nitrogens with one attached hydrogen (secondary N) is 1. The van der Waals surface area contributed by atoms with Crippen LogP contribution in [0.25, 0.3) is 27.9 Å². The fourth-order valence-corrected chi connectivity index (χ4v) is 4.94. The molecule has 4 aromatic rings. The minimum atomic E-state index is -3.24. The van der Waals surface area contributed by atoms with Crippen molar-refractivity contribution in [3.05, 3.63) is 48.5 Å². The van der Waals surface area contributed by atoms with Gasteiger partial charge in [-0.1, -0.05) is 12.1 Å². The Balaban J connectivity index is 1.70.